The standard InChI is InChI=1S/C18H21N3O5S/c1-12-3-8-15(11-16(12)18(23)20-9-10-26-2)27(24,25)21-14-6-4-13(5-7-14)17(19)22/h3-8,11,21H,9-10H2,1-2H3,(H2,19,22)(H,20,23). The second-order valence-corrected chi connectivity index (χ2v) is 7.45. The second-order valence-electron chi connectivity index (χ2n) is 5.77. The first-order valence-corrected chi connectivity index (χ1v) is 9.53. The highest BCUT2D eigenvalue weighted by Gasteiger charge is 2.18. The number of anilines is 1. The molecule has 0 heterocycles. The molecule has 144 valence electrons. The summed E-state index contributed by atoms with van der Waals surface area (Å²) in [6.45, 7) is 2.39. The molecule has 2 amide bonds. The van der Waals surface area contributed by atoms with Crippen molar-refractivity contribution in [1.82, 2.24) is 5.32 Å². The maximum atomic E-state index is 12.6. The van der Waals surface area contributed by atoms with Crippen molar-refractivity contribution in [1.29, 1.82) is 0 Å². The number of ether oxygens (including phenoxy) is 1. The van der Waals surface area contributed by atoms with Crippen LogP contribution in [0.1, 0.15) is 26.3 Å². The molecule has 0 saturated heterocycles. The van der Waals surface area contributed by atoms with Gasteiger partial charge in [0.1, 0.15) is 0 Å². The summed E-state index contributed by atoms with van der Waals surface area (Å²) in [5.41, 5.74) is 6.61. The zero-order valence-corrected chi connectivity index (χ0v) is 15.8. The minimum atomic E-state index is -3.92. The third-order valence-electron chi connectivity index (χ3n) is 3.78. The lowest BCUT2D eigenvalue weighted by molar-refractivity contribution is 0.0935. The maximum Gasteiger partial charge on any atom is 0.261 e. The molecule has 0 bridgehead atoms. The lowest BCUT2D eigenvalue weighted by atomic mass is 10.1. The van der Waals surface area contributed by atoms with E-state index in [0.717, 1.165) is 0 Å². The first-order valence-electron chi connectivity index (χ1n) is 8.05. The number of hydrogen-bond acceptors (Lipinski definition) is 5. The van der Waals surface area contributed by atoms with Crippen LogP contribution in [0.4, 0.5) is 5.69 Å². The molecular weight excluding hydrogens is 370 g/mol. The zero-order valence-electron chi connectivity index (χ0n) is 15.0. The van der Waals surface area contributed by atoms with Crippen molar-refractivity contribution in [2.24, 2.45) is 5.73 Å². The Balaban J connectivity index is 2.23. The molecule has 0 fully saturated rings. The summed E-state index contributed by atoms with van der Waals surface area (Å²) >= 11 is 0. The summed E-state index contributed by atoms with van der Waals surface area (Å²) in [5.74, 6) is -0.987. The summed E-state index contributed by atoms with van der Waals surface area (Å²) in [6, 6.07) is 10.0. The van der Waals surface area contributed by atoms with Crippen LogP contribution in [0.15, 0.2) is 47.4 Å². The van der Waals surface area contributed by atoms with E-state index in [-0.39, 0.29) is 27.6 Å². The van der Waals surface area contributed by atoms with E-state index in [1.165, 1.54) is 43.5 Å². The van der Waals surface area contributed by atoms with Crippen LogP contribution >= 0.6 is 0 Å². The number of carbonyl (C=O) groups is 2. The fourth-order valence-electron chi connectivity index (χ4n) is 2.29. The van der Waals surface area contributed by atoms with Crippen LogP contribution < -0.4 is 15.8 Å². The van der Waals surface area contributed by atoms with E-state index in [1.807, 2.05) is 0 Å². The molecule has 0 aliphatic rings. The van der Waals surface area contributed by atoms with Gasteiger partial charge >= 0.3 is 0 Å². The number of aryl methyl sites for hydroxylation is 1. The van der Waals surface area contributed by atoms with Crippen molar-refractivity contribution in [2.45, 2.75) is 11.8 Å². The number of benzene rings is 2. The SMILES string of the molecule is COCCNC(=O)c1cc(S(=O)(=O)Nc2ccc(C(N)=O)cc2)ccc1C. The molecule has 9 heteroatoms. The average Bonchev–Trinajstić information content (AvgIpc) is 2.62. The minimum absolute atomic E-state index is 0.0519. The van der Waals surface area contributed by atoms with Crippen LogP contribution in [0.5, 0.6) is 0 Å². The van der Waals surface area contributed by atoms with Gasteiger partial charge in [0.25, 0.3) is 15.9 Å². The van der Waals surface area contributed by atoms with Crippen LogP contribution in [-0.2, 0) is 14.8 Å². The molecule has 2 aromatic carbocycles. The molecule has 0 aliphatic carbocycles. The number of nitrogens with two attached hydrogens (primary N) is 1. The topological polar surface area (TPSA) is 128 Å². The van der Waals surface area contributed by atoms with Crippen molar-refractivity contribution in [3.05, 3.63) is 59.2 Å². The van der Waals surface area contributed by atoms with Crippen LogP contribution in [0.3, 0.4) is 0 Å². The van der Waals surface area contributed by atoms with Crippen molar-refractivity contribution < 1.29 is 22.7 Å². The summed E-state index contributed by atoms with van der Waals surface area (Å²) in [4.78, 5) is 23.3. The Kier molecular flexibility index (Phi) is 6.54. The fraction of sp³-hybridized carbons (Fsp3) is 0.222. The minimum Gasteiger partial charge on any atom is -0.383 e. The predicted octanol–water partition coefficient (Wildman–Crippen LogP) is 1.27. The largest absolute Gasteiger partial charge is 0.383 e. The highest BCUT2D eigenvalue weighted by atomic mass is 32.2. The fourth-order valence-corrected chi connectivity index (χ4v) is 3.38. The van der Waals surface area contributed by atoms with Gasteiger partial charge in [0.15, 0.2) is 0 Å². The molecule has 2 aromatic rings. The zero-order chi connectivity index (χ0) is 20.0. The molecule has 0 saturated carbocycles. The van der Waals surface area contributed by atoms with Crippen molar-refractivity contribution in [3.63, 3.8) is 0 Å². The third kappa shape index (κ3) is 5.28. The highest BCUT2D eigenvalue weighted by Crippen LogP contribution is 2.20. The van der Waals surface area contributed by atoms with Gasteiger partial charge in [-0.05, 0) is 48.9 Å². The Labute approximate surface area is 157 Å². The number of carbonyl (C=O) groups excluding carboxylic acids is 2. The van der Waals surface area contributed by atoms with Gasteiger partial charge in [-0.15, -0.1) is 0 Å². The van der Waals surface area contributed by atoms with Gasteiger partial charge < -0.3 is 15.8 Å². The monoisotopic (exact) mass is 391 g/mol. The number of amides is 2. The van der Waals surface area contributed by atoms with Crippen molar-refractivity contribution in [2.75, 3.05) is 25.0 Å². The van der Waals surface area contributed by atoms with E-state index in [1.54, 1.807) is 13.0 Å². The van der Waals surface area contributed by atoms with E-state index >= 15 is 0 Å². The molecule has 0 aromatic heterocycles. The van der Waals surface area contributed by atoms with Gasteiger partial charge in [-0.1, -0.05) is 6.07 Å². The lowest BCUT2D eigenvalue weighted by Gasteiger charge is -2.12. The Hall–Kier alpha value is -2.91. The van der Waals surface area contributed by atoms with Gasteiger partial charge in [0, 0.05) is 30.5 Å². The van der Waals surface area contributed by atoms with E-state index < -0.39 is 15.9 Å². The molecule has 0 atom stereocenters. The Bertz CT molecular complexity index is 940. The van der Waals surface area contributed by atoms with Crippen LogP contribution in [0, 0.1) is 6.92 Å². The smallest absolute Gasteiger partial charge is 0.261 e. The molecule has 0 radical (unpaired) electrons. The third-order valence-corrected chi connectivity index (χ3v) is 5.16. The molecule has 0 unspecified atom stereocenters. The lowest BCUT2D eigenvalue weighted by Crippen LogP contribution is -2.28. The Morgan fingerprint density at radius 1 is 1.11 bits per heavy atom. The van der Waals surface area contributed by atoms with Crippen molar-refractivity contribution in [3.8, 4) is 0 Å². The van der Waals surface area contributed by atoms with Gasteiger partial charge in [-0.25, -0.2) is 8.42 Å². The molecule has 4 N–H and O–H groups in total. The molecule has 0 aliphatic heterocycles. The maximum absolute atomic E-state index is 12.6. The van der Waals surface area contributed by atoms with E-state index in [4.69, 9.17) is 10.5 Å². The van der Waals surface area contributed by atoms with Crippen molar-refractivity contribution >= 4 is 27.5 Å². The van der Waals surface area contributed by atoms with E-state index in [0.29, 0.717) is 18.7 Å². The first-order chi connectivity index (χ1) is 12.7. The summed E-state index contributed by atoms with van der Waals surface area (Å²) in [6.07, 6.45) is 0. The number of primary amides is 1. The van der Waals surface area contributed by atoms with Crippen LogP contribution in [0.2, 0.25) is 0 Å². The second kappa shape index (κ2) is 8.65. The quantitative estimate of drug-likeness (QED) is 0.584. The Morgan fingerprint density at radius 3 is 2.37 bits per heavy atom. The van der Waals surface area contributed by atoms with Crippen LogP contribution in [0.25, 0.3) is 0 Å². The molecule has 8 nitrogen and oxygen atoms in total. The number of hydrogen-bond donors (Lipinski definition) is 3. The molecule has 0 spiro atoms. The summed E-state index contributed by atoms with van der Waals surface area (Å²) in [7, 11) is -2.40. The first kappa shape index (κ1) is 20.4. The average molecular weight is 391 g/mol. The molecule has 2 rings (SSSR count). The number of methoxy groups -OCH3 is 1. The Morgan fingerprint density at radius 2 is 1.78 bits per heavy atom. The van der Waals surface area contributed by atoms with Gasteiger partial charge in [0.2, 0.25) is 5.91 Å². The normalized spacial score (nSPS) is 11.0. The predicted molar refractivity (Wildman–Crippen MR) is 101 cm³/mol. The van der Waals surface area contributed by atoms with Crippen LogP contribution in [-0.4, -0.2) is 40.5 Å². The summed E-state index contributed by atoms with van der Waals surface area (Å²) in [5, 5.41) is 2.66. The number of rotatable bonds is 8. The number of sulfonamides is 1. The van der Waals surface area contributed by atoms with Gasteiger partial charge in [-0.2, -0.15) is 0 Å². The molecular formula is C18H21N3O5S. The van der Waals surface area contributed by atoms with E-state index in [2.05, 4.69) is 10.0 Å². The number of nitrogens with one attached hydrogen (secondary N) is 2. The highest BCUT2D eigenvalue weighted by molar-refractivity contribution is 7.92. The van der Waals surface area contributed by atoms with Gasteiger partial charge in [0.05, 0.1) is 11.5 Å². The van der Waals surface area contributed by atoms with E-state index in [9.17, 15) is 18.0 Å². The summed E-state index contributed by atoms with van der Waals surface area (Å²) < 4.78 is 32.5. The van der Waals surface area contributed by atoms with Gasteiger partial charge in [-0.3, -0.25) is 14.3 Å². The molecule has 27 heavy (non-hydrogen) atoms.